The number of anilines is 1. The average Bonchev–Trinajstić information content (AvgIpc) is 3.37. The zero-order valence-corrected chi connectivity index (χ0v) is 14.9. The highest BCUT2D eigenvalue weighted by atomic mass is 32.1. The van der Waals surface area contributed by atoms with Gasteiger partial charge in [0.25, 0.3) is 5.91 Å². The second-order valence-corrected chi connectivity index (χ2v) is 7.15. The van der Waals surface area contributed by atoms with Crippen LogP contribution in [-0.4, -0.2) is 21.4 Å². The van der Waals surface area contributed by atoms with Gasteiger partial charge in [0, 0.05) is 23.6 Å². The number of fused-ring (bicyclic) bond motifs is 2. The second kappa shape index (κ2) is 6.21. The number of hydrogen-bond acceptors (Lipinski definition) is 4. The molecule has 1 N–H and O–H groups in total. The van der Waals surface area contributed by atoms with Crippen LogP contribution in [0.5, 0.6) is 5.75 Å². The lowest BCUT2D eigenvalue weighted by atomic mass is 10.1. The van der Waals surface area contributed by atoms with E-state index in [9.17, 15) is 9.18 Å². The molecular formula is C20H14FN3O2S. The molecule has 0 spiro atoms. The number of ether oxygens (including phenoxy) is 1. The van der Waals surface area contributed by atoms with Gasteiger partial charge in [-0.25, -0.2) is 9.37 Å². The molecule has 2 aromatic carbocycles. The second-order valence-electron chi connectivity index (χ2n) is 6.28. The van der Waals surface area contributed by atoms with E-state index in [0.717, 1.165) is 21.8 Å². The van der Waals surface area contributed by atoms with Gasteiger partial charge in [-0.15, -0.1) is 11.3 Å². The van der Waals surface area contributed by atoms with Crippen molar-refractivity contribution in [3.05, 3.63) is 71.5 Å². The van der Waals surface area contributed by atoms with Gasteiger partial charge in [-0.3, -0.25) is 9.20 Å². The SMILES string of the molecule is O=C(Nc1c(-c2ccc(F)cc2)nc2sccn12)[C@H]1Cc2ccccc2O1. The van der Waals surface area contributed by atoms with Gasteiger partial charge >= 0.3 is 0 Å². The molecule has 1 atom stereocenters. The molecule has 3 heterocycles. The number of rotatable bonds is 3. The summed E-state index contributed by atoms with van der Waals surface area (Å²) in [6.45, 7) is 0. The van der Waals surface area contributed by atoms with Crippen molar-refractivity contribution >= 4 is 28.0 Å². The smallest absolute Gasteiger partial charge is 0.266 e. The maximum Gasteiger partial charge on any atom is 0.266 e. The molecule has 5 rings (SSSR count). The highest BCUT2D eigenvalue weighted by molar-refractivity contribution is 7.15. The van der Waals surface area contributed by atoms with Gasteiger partial charge in [0.05, 0.1) is 0 Å². The predicted octanol–water partition coefficient (Wildman–Crippen LogP) is 4.14. The van der Waals surface area contributed by atoms with Gasteiger partial charge in [0.15, 0.2) is 11.1 Å². The molecule has 0 saturated heterocycles. The standard InChI is InChI=1S/C20H14FN3O2S/c21-14-7-5-12(6-8-14)17-18(24-9-10-27-20(24)22-17)23-19(25)16-11-13-3-1-2-4-15(13)26-16/h1-10,16H,11H2,(H,23,25)/t16-/m1/s1. The van der Waals surface area contributed by atoms with E-state index in [-0.39, 0.29) is 11.7 Å². The third-order valence-electron chi connectivity index (χ3n) is 4.56. The van der Waals surface area contributed by atoms with Crippen LogP contribution >= 0.6 is 11.3 Å². The fourth-order valence-corrected chi connectivity index (χ4v) is 3.95. The van der Waals surface area contributed by atoms with E-state index in [4.69, 9.17) is 4.74 Å². The Morgan fingerprint density at radius 3 is 2.85 bits per heavy atom. The van der Waals surface area contributed by atoms with Crippen molar-refractivity contribution < 1.29 is 13.9 Å². The fraction of sp³-hybridized carbons (Fsp3) is 0.100. The molecule has 7 heteroatoms. The van der Waals surface area contributed by atoms with Crippen LogP contribution in [0, 0.1) is 5.82 Å². The zero-order valence-electron chi connectivity index (χ0n) is 14.1. The molecule has 0 bridgehead atoms. The van der Waals surface area contributed by atoms with Crippen LogP contribution in [0.1, 0.15) is 5.56 Å². The Morgan fingerprint density at radius 1 is 1.22 bits per heavy atom. The molecule has 1 aliphatic rings. The number of carbonyl (C=O) groups excluding carboxylic acids is 1. The number of benzene rings is 2. The lowest BCUT2D eigenvalue weighted by Crippen LogP contribution is -2.32. The number of imidazole rings is 1. The number of halogens is 1. The maximum atomic E-state index is 13.3. The van der Waals surface area contributed by atoms with Crippen LogP contribution in [0.4, 0.5) is 10.2 Å². The summed E-state index contributed by atoms with van der Waals surface area (Å²) < 4.78 is 20.9. The van der Waals surface area contributed by atoms with Gasteiger partial charge in [-0.1, -0.05) is 18.2 Å². The van der Waals surface area contributed by atoms with Crippen molar-refractivity contribution in [2.45, 2.75) is 12.5 Å². The molecular weight excluding hydrogens is 365 g/mol. The predicted molar refractivity (Wildman–Crippen MR) is 102 cm³/mol. The Labute approximate surface area is 158 Å². The first-order valence-electron chi connectivity index (χ1n) is 8.46. The minimum absolute atomic E-state index is 0.234. The molecule has 27 heavy (non-hydrogen) atoms. The monoisotopic (exact) mass is 379 g/mol. The number of aromatic nitrogens is 2. The largest absolute Gasteiger partial charge is 0.480 e. The molecule has 0 radical (unpaired) electrons. The van der Waals surface area contributed by atoms with Crippen LogP contribution in [0.3, 0.4) is 0 Å². The molecule has 5 nitrogen and oxygen atoms in total. The van der Waals surface area contributed by atoms with Gasteiger partial charge < -0.3 is 10.1 Å². The maximum absolute atomic E-state index is 13.3. The summed E-state index contributed by atoms with van der Waals surface area (Å²) >= 11 is 1.46. The van der Waals surface area contributed by atoms with Gasteiger partial charge in [0.2, 0.25) is 0 Å². The summed E-state index contributed by atoms with van der Waals surface area (Å²) in [7, 11) is 0. The van der Waals surface area contributed by atoms with E-state index in [0.29, 0.717) is 17.9 Å². The number of amides is 1. The number of para-hydroxylation sites is 1. The van der Waals surface area contributed by atoms with E-state index in [1.54, 1.807) is 12.1 Å². The third-order valence-corrected chi connectivity index (χ3v) is 5.32. The molecule has 2 aromatic heterocycles. The van der Waals surface area contributed by atoms with Crippen molar-refractivity contribution in [3.8, 4) is 17.0 Å². The summed E-state index contributed by atoms with van der Waals surface area (Å²) in [4.78, 5) is 18.2. The van der Waals surface area contributed by atoms with E-state index in [1.807, 2.05) is 40.2 Å². The van der Waals surface area contributed by atoms with Crippen LogP contribution < -0.4 is 10.1 Å². The van der Waals surface area contributed by atoms with Crippen molar-refractivity contribution in [1.82, 2.24) is 9.38 Å². The van der Waals surface area contributed by atoms with Crippen molar-refractivity contribution in [2.24, 2.45) is 0 Å². The third kappa shape index (κ3) is 2.76. The first-order valence-corrected chi connectivity index (χ1v) is 9.34. The number of carbonyl (C=O) groups is 1. The molecule has 134 valence electrons. The Morgan fingerprint density at radius 2 is 2.04 bits per heavy atom. The molecule has 0 fully saturated rings. The Kier molecular flexibility index (Phi) is 3.68. The summed E-state index contributed by atoms with van der Waals surface area (Å²) in [5, 5.41) is 4.86. The minimum atomic E-state index is -0.590. The van der Waals surface area contributed by atoms with Crippen molar-refractivity contribution in [3.63, 3.8) is 0 Å². The highest BCUT2D eigenvalue weighted by Crippen LogP contribution is 2.33. The summed E-state index contributed by atoms with van der Waals surface area (Å²) in [6, 6.07) is 13.7. The number of nitrogens with zero attached hydrogens (tertiary/aromatic N) is 2. The molecule has 0 saturated carbocycles. The first kappa shape index (κ1) is 16.0. The topological polar surface area (TPSA) is 55.6 Å². The average molecular weight is 379 g/mol. The Bertz CT molecular complexity index is 1120. The highest BCUT2D eigenvalue weighted by Gasteiger charge is 2.30. The summed E-state index contributed by atoms with van der Waals surface area (Å²) in [5.41, 5.74) is 2.36. The van der Waals surface area contributed by atoms with Gasteiger partial charge in [-0.05, 0) is 35.9 Å². The van der Waals surface area contributed by atoms with Crippen LogP contribution in [0.15, 0.2) is 60.1 Å². The Hall–Kier alpha value is -3.19. The quantitative estimate of drug-likeness (QED) is 0.582. The van der Waals surface area contributed by atoms with Crippen LogP contribution in [-0.2, 0) is 11.2 Å². The van der Waals surface area contributed by atoms with Gasteiger partial charge in [0.1, 0.15) is 23.1 Å². The number of thiazole rings is 1. The molecule has 0 aliphatic carbocycles. The first-order chi connectivity index (χ1) is 13.2. The Balaban J connectivity index is 1.48. The molecule has 4 aromatic rings. The zero-order chi connectivity index (χ0) is 18.4. The number of nitrogens with one attached hydrogen (secondary N) is 1. The normalized spacial score (nSPS) is 15.5. The number of hydrogen-bond donors (Lipinski definition) is 1. The minimum Gasteiger partial charge on any atom is -0.480 e. The van der Waals surface area contributed by atoms with E-state index in [1.165, 1.54) is 23.5 Å². The fourth-order valence-electron chi connectivity index (χ4n) is 3.24. The van der Waals surface area contributed by atoms with Crippen molar-refractivity contribution in [1.29, 1.82) is 0 Å². The molecule has 0 unspecified atom stereocenters. The van der Waals surface area contributed by atoms with Crippen LogP contribution in [0.2, 0.25) is 0 Å². The summed E-state index contributed by atoms with van der Waals surface area (Å²) in [5.74, 6) is 0.748. The van der Waals surface area contributed by atoms with Crippen molar-refractivity contribution in [2.75, 3.05) is 5.32 Å². The van der Waals surface area contributed by atoms with E-state index >= 15 is 0 Å². The summed E-state index contributed by atoms with van der Waals surface area (Å²) in [6.07, 6.45) is 1.78. The lowest BCUT2D eigenvalue weighted by molar-refractivity contribution is -0.122. The van der Waals surface area contributed by atoms with Gasteiger partial charge in [-0.2, -0.15) is 0 Å². The van der Waals surface area contributed by atoms with Crippen LogP contribution in [0.25, 0.3) is 16.2 Å². The molecule has 1 aliphatic heterocycles. The van der Waals surface area contributed by atoms with E-state index < -0.39 is 6.10 Å². The molecule has 1 amide bonds. The lowest BCUT2D eigenvalue weighted by Gasteiger charge is -2.12. The van der Waals surface area contributed by atoms with E-state index in [2.05, 4.69) is 10.3 Å².